The Morgan fingerprint density at radius 2 is 1.87 bits per heavy atom. The van der Waals surface area contributed by atoms with Crippen LogP contribution < -0.4 is 5.14 Å². The summed E-state index contributed by atoms with van der Waals surface area (Å²) in [4.78, 5) is 3.86. The topological polar surface area (TPSA) is 78.0 Å². The Kier molecular flexibility index (Phi) is 5.59. The highest BCUT2D eigenvalue weighted by atomic mass is 32.2. The summed E-state index contributed by atoms with van der Waals surface area (Å²) in [6, 6.07) is 7.22. The fraction of sp³-hybridized carbons (Fsp3) is 0.409. The van der Waals surface area contributed by atoms with Gasteiger partial charge in [0.1, 0.15) is 4.90 Å². The number of nitrogens with zero attached hydrogens (tertiary/aromatic N) is 2. The van der Waals surface area contributed by atoms with Gasteiger partial charge in [-0.15, -0.1) is 0 Å². The van der Waals surface area contributed by atoms with Gasteiger partial charge in [0.05, 0.1) is 11.1 Å². The number of rotatable bonds is 4. The molecule has 0 spiro atoms. The van der Waals surface area contributed by atoms with E-state index < -0.39 is 21.8 Å². The van der Waals surface area contributed by atoms with E-state index in [4.69, 9.17) is 5.14 Å². The SMILES string of the molecule is Cc1c(S(N)(=O)=O)cc(-c2cc(C(F)(F)F)c3ncccc3c2)n1CC1CCCCC1. The molecule has 1 fully saturated rings. The molecule has 1 aliphatic carbocycles. The predicted octanol–water partition coefficient (Wildman–Crippen LogP) is 5.26. The van der Waals surface area contributed by atoms with Gasteiger partial charge in [-0.25, -0.2) is 13.6 Å². The van der Waals surface area contributed by atoms with E-state index >= 15 is 0 Å². The van der Waals surface area contributed by atoms with Gasteiger partial charge in [0.2, 0.25) is 10.0 Å². The molecule has 4 rings (SSSR count). The fourth-order valence-electron chi connectivity index (χ4n) is 4.57. The van der Waals surface area contributed by atoms with Crippen molar-refractivity contribution in [3.63, 3.8) is 0 Å². The maximum Gasteiger partial charge on any atom is 0.418 e. The maximum absolute atomic E-state index is 13.8. The Balaban J connectivity index is 1.93. The van der Waals surface area contributed by atoms with E-state index in [0.29, 0.717) is 34.8 Å². The van der Waals surface area contributed by atoms with Gasteiger partial charge in [0.15, 0.2) is 0 Å². The van der Waals surface area contributed by atoms with Crippen molar-refractivity contribution in [2.45, 2.75) is 56.6 Å². The van der Waals surface area contributed by atoms with Crippen molar-refractivity contribution in [3.8, 4) is 11.3 Å². The lowest BCUT2D eigenvalue weighted by Gasteiger charge is -2.24. The van der Waals surface area contributed by atoms with Crippen LogP contribution in [0.2, 0.25) is 0 Å². The lowest BCUT2D eigenvalue weighted by atomic mass is 9.89. The first-order valence-corrected chi connectivity index (χ1v) is 11.8. The second-order valence-corrected chi connectivity index (χ2v) is 9.77. The number of aromatic nitrogens is 2. The minimum atomic E-state index is -4.60. The number of alkyl halides is 3. The predicted molar refractivity (Wildman–Crippen MR) is 113 cm³/mol. The largest absolute Gasteiger partial charge is 0.418 e. The van der Waals surface area contributed by atoms with Gasteiger partial charge >= 0.3 is 6.18 Å². The average Bonchev–Trinajstić information content (AvgIpc) is 3.04. The van der Waals surface area contributed by atoms with Crippen LogP contribution in [0.25, 0.3) is 22.2 Å². The summed E-state index contributed by atoms with van der Waals surface area (Å²) in [5.41, 5.74) is 0.182. The first-order valence-electron chi connectivity index (χ1n) is 10.2. The third-order valence-electron chi connectivity index (χ3n) is 6.10. The van der Waals surface area contributed by atoms with Crippen LogP contribution in [0.15, 0.2) is 41.4 Å². The Labute approximate surface area is 179 Å². The molecule has 5 nitrogen and oxygen atoms in total. The molecule has 0 bridgehead atoms. The van der Waals surface area contributed by atoms with Crippen molar-refractivity contribution in [2.75, 3.05) is 0 Å². The van der Waals surface area contributed by atoms with Gasteiger partial charge in [0, 0.05) is 29.5 Å². The number of benzene rings is 1. The third-order valence-corrected chi connectivity index (χ3v) is 7.12. The lowest BCUT2D eigenvalue weighted by molar-refractivity contribution is -0.136. The average molecular weight is 452 g/mol. The molecule has 2 aromatic heterocycles. The van der Waals surface area contributed by atoms with Crippen LogP contribution in [0.4, 0.5) is 13.2 Å². The maximum atomic E-state index is 13.8. The minimum absolute atomic E-state index is 0.0573. The molecule has 1 saturated carbocycles. The minimum Gasteiger partial charge on any atom is -0.343 e. The van der Waals surface area contributed by atoms with Gasteiger partial charge in [-0.1, -0.05) is 25.3 Å². The highest BCUT2D eigenvalue weighted by Crippen LogP contribution is 2.39. The second-order valence-electron chi connectivity index (χ2n) is 8.24. The van der Waals surface area contributed by atoms with Crippen molar-refractivity contribution in [1.82, 2.24) is 9.55 Å². The highest BCUT2D eigenvalue weighted by molar-refractivity contribution is 7.89. The molecule has 166 valence electrons. The van der Waals surface area contributed by atoms with Crippen molar-refractivity contribution in [2.24, 2.45) is 11.1 Å². The zero-order valence-electron chi connectivity index (χ0n) is 17.1. The molecule has 2 heterocycles. The summed E-state index contributed by atoms with van der Waals surface area (Å²) in [6.07, 6.45) is 2.12. The first kappa shape index (κ1) is 21.8. The van der Waals surface area contributed by atoms with Gasteiger partial charge in [-0.05, 0) is 55.5 Å². The summed E-state index contributed by atoms with van der Waals surface area (Å²) >= 11 is 0. The molecule has 0 radical (unpaired) electrons. The molecule has 0 amide bonds. The summed E-state index contributed by atoms with van der Waals surface area (Å²) in [7, 11) is -4.02. The molecule has 0 aliphatic heterocycles. The Bertz CT molecular complexity index is 1230. The van der Waals surface area contributed by atoms with E-state index in [0.717, 1.165) is 31.7 Å². The molecule has 0 saturated heterocycles. The molecule has 1 aromatic carbocycles. The van der Waals surface area contributed by atoms with Crippen molar-refractivity contribution in [1.29, 1.82) is 0 Å². The van der Waals surface area contributed by atoms with Crippen LogP contribution in [-0.2, 0) is 22.7 Å². The number of pyridine rings is 1. The number of fused-ring (bicyclic) bond motifs is 1. The quantitative estimate of drug-likeness (QED) is 0.588. The van der Waals surface area contributed by atoms with Crippen LogP contribution >= 0.6 is 0 Å². The van der Waals surface area contributed by atoms with Gasteiger partial charge < -0.3 is 4.57 Å². The number of halogens is 3. The summed E-state index contributed by atoms with van der Waals surface area (Å²) in [5, 5.41) is 5.75. The molecule has 2 N–H and O–H groups in total. The van der Waals surface area contributed by atoms with Crippen LogP contribution in [0.3, 0.4) is 0 Å². The zero-order valence-corrected chi connectivity index (χ0v) is 17.9. The van der Waals surface area contributed by atoms with Crippen molar-refractivity contribution in [3.05, 3.63) is 47.8 Å². The van der Waals surface area contributed by atoms with Crippen molar-refractivity contribution < 1.29 is 21.6 Å². The first-order chi connectivity index (χ1) is 14.6. The normalized spacial score (nSPS) is 16.2. The number of primary sulfonamides is 1. The van der Waals surface area contributed by atoms with E-state index in [1.165, 1.54) is 18.7 Å². The summed E-state index contributed by atoms with van der Waals surface area (Å²) < 4.78 is 67.5. The molecule has 31 heavy (non-hydrogen) atoms. The number of hydrogen-bond donors (Lipinski definition) is 1. The van der Waals surface area contributed by atoms with E-state index in [9.17, 15) is 21.6 Å². The summed E-state index contributed by atoms with van der Waals surface area (Å²) in [6.45, 7) is 2.20. The smallest absolute Gasteiger partial charge is 0.343 e. The van der Waals surface area contributed by atoms with Gasteiger partial charge in [0.25, 0.3) is 0 Å². The molecule has 3 aromatic rings. The Morgan fingerprint density at radius 3 is 2.52 bits per heavy atom. The van der Waals surface area contributed by atoms with E-state index in [-0.39, 0.29) is 10.4 Å². The van der Waals surface area contributed by atoms with Gasteiger partial charge in [-0.2, -0.15) is 13.2 Å². The molecule has 0 unspecified atom stereocenters. The van der Waals surface area contributed by atoms with E-state index in [2.05, 4.69) is 4.98 Å². The molecule has 9 heteroatoms. The van der Waals surface area contributed by atoms with Crippen LogP contribution in [0.1, 0.15) is 43.4 Å². The Hall–Kier alpha value is -2.39. The zero-order chi connectivity index (χ0) is 22.4. The van der Waals surface area contributed by atoms with Crippen molar-refractivity contribution >= 4 is 20.9 Å². The standard InChI is InChI=1S/C22H24F3N3O2S/c1-14-20(31(26,29)30)12-19(28(14)13-15-6-3-2-4-7-15)17-10-16-8-5-9-27-21(16)18(11-17)22(23,24)25/h5,8-12,15H,2-4,6-7,13H2,1H3,(H2,26,29,30). The van der Waals surface area contributed by atoms with E-state index in [1.54, 1.807) is 25.1 Å². The van der Waals surface area contributed by atoms with Crippen LogP contribution in [0.5, 0.6) is 0 Å². The number of sulfonamides is 1. The molecular weight excluding hydrogens is 427 g/mol. The monoisotopic (exact) mass is 451 g/mol. The van der Waals surface area contributed by atoms with Crippen LogP contribution in [0, 0.1) is 12.8 Å². The molecular formula is C22H24F3N3O2S. The summed E-state index contributed by atoms with van der Waals surface area (Å²) in [5.74, 6) is 0.344. The lowest BCUT2D eigenvalue weighted by Crippen LogP contribution is -2.17. The van der Waals surface area contributed by atoms with E-state index in [1.807, 2.05) is 4.57 Å². The van der Waals surface area contributed by atoms with Crippen LogP contribution in [-0.4, -0.2) is 18.0 Å². The number of nitrogens with two attached hydrogens (primary N) is 1. The van der Waals surface area contributed by atoms with Gasteiger partial charge in [-0.3, -0.25) is 4.98 Å². The highest BCUT2D eigenvalue weighted by Gasteiger charge is 2.34. The number of hydrogen-bond acceptors (Lipinski definition) is 3. The molecule has 1 aliphatic rings. The third kappa shape index (κ3) is 4.34. The fourth-order valence-corrected chi connectivity index (χ4v) is 5.36. The molecule has 0 atom stereocenters. The second kappa shape index (κ2) is 7.94. The Morgan fingerprint density at radius 1 is 1.16 bits per heavy atom.